The molecule has 3 saturated carbocycles. The first-order valence-corrected chi connectivity index (χ1v) is 28.3. The molecule has 3 fully saturated rings. The summed E-state index contributed by atoms with van der Waals surface area (Å²) in [5.74, 6) is 7.80. The number of ether oxygens (including phenoxy) is 3. The van der Waals surface area contributed by atoms with Crippen molar-refractivity contribution in [2.45, 2.75) is 183 Å². The first-order chi connectivity index (χ1) is 34.9. The van der Waals surface area contributed by atoms with Gasteiger partial charge in [-0.3, -0.25) is 4.79 Å². The molecule has 4 aliphatic rings. The van der Waals surface area contributed by atoms with Crippen LogP contribution in [0.4, 0.5) is 0 Å². The lowest BCUT2D eigenvalue weighted by Crippen LogP contribution is -2.42. The fourth-order valence-electron chi connectivity index (χ4n) is 12.9. The van der Waals surface area contributed by atoms with E-state index in [1.54, 1.807) is 19.6 Å². The quantitative estimate of drug-likeness (QED) is 0.0529. The minimum absolute atomic E-state index is 0.0365. The average Bonchev–Trinajstić information content (AvgIpc) is 3.84. The van der Waals surface area contributed by atoms with Crippen molar-refractivity contribution >= 4 is 11.9 Å². The van der Waals surface area contributed by atoms with Gasteiger partial charge in [-0.2, -0.15) is 5.26 Å². The molecule has 9 atom stereocenters. The second kappa shape index (κ2) is 28.9. The highest BCUT2D eigenvalue weighted by atomic mass is 16.5. The number of nitrogens with zero attached hydrogens (tertiary/aromatic N) is 1. The summed E-state index contributed by atoms with van der Waals surface area (Å²) in [5, 5.41) is 8.77. The van der Waals surface area contributed by atoms with Gasteiger partial charge in [0.15, 0.2) is 0 Å². The number of hydrogen-bond acceptors (Lipinski definition) is 6. The smallest absolute Gasteiger partial charge is 0.338 e. The van der Waals surface area contributed by atoms with E-state index < -0.39 is 0 Å². The van der Waals surface area contributed by atoms with Gasteiger partial charge in [0.2, 0.25) is 0 Å². The Morgan fingerprint density at radius 1 is 0.639 bits per heavy atom. The molecular weight excluding hydrogens is 887 g/mol. The summed E-state index contributed by atoms with van der Waals surface area (Å²) >= 11 is 0. The largest absolute Gasteiger partial charge is 0.497 e. The van der Waals surface area contributed by atoms with E-state index in [9.17, 15) is 9.59 Å². The van der Waals surface area contributed by atoms with Crippen molar-refractivity contribution in [3.05, 3.63) is 125 Å². The molecule has 0 saturated heterocycles. The van der Waals surface area contributed by atoms with E-state index in [-0.39, 0.29) is 24.1 Å². The van der Waals surface area contributed by atoms with Gasteiger partial charge >= 0.3 is 11.9 Å². The number of hydrogen-bond donors (Lipinski definition) is 0. The van der Waals surface area contributed by atoms with Gasteiger partial charge in [0, 0.05) is 13.3 Å². The van der Waals surface area contributed by atoms with E-state index >= 15 is 0 Å². The van der Waals surface area contributed by atoms with Crippen molar-refractivity contribution in [1.29, 1.82) is 5.26 Å². The molecule has 0 aromatic heterocycles. The number of carbonyl (C=O) groups is 2. The van der Waals surface area contributed by atoms with Gasteiger partial charge in [0.1, 0.15) is 11.9 Å². The van der Waals surface area contributed by atoms with Crippen molar-refractivity contribution in [2.24, 2.45) is 47.3 Å². The monoisotopic (exact) mass is 976 g/mol. The Bertz CT molecular complexity index is 2310. The van der Waals surface area contributed by atoms with Gasteiger partial charge in [-0.1, -0.05) is 158 Å². The highest BCUT2D eigenvalue weighted by Gasteiger charge is 2.50. The fourth-order valence-corrected chi connectivity index (χ4v) is 12.9. The number of nitriles is 1. The molecule has 8 rings (SSSR count). The summed E-state index contributed by atoms with van der Waals surface area (Å²) in [6.45, 7) is 15.1. The van der Waals surface area contributed by atoms with Crippen molar-refractivity contribution in [3.63, 3.8) is 0 Å². The second-order valence-corrected chi connectivity index (χ2v) is 22.3. The predicted molar refractivity (Wildman–Crippen MR) is 297 cm³/mol. The second-order valence-electron chi connectivity index (χ2n) is 22.3. The third-order valence-electron chi connectivity index (χ3n) is 16.6. The molecule has 4 aromatic rings. The van der Waals surface area contributed by atoms with Crippen molar-refractivity contribution in [1.82, 2.24) is 0 Å². The lowest BCUT2D eigenvalue weighted by molar-refractivity contribution is -0.147. The summed E-state index contributed by atoms with van der Waals surface area (Å²) in [6.07, 6.45) is 27.3. The zero-order valence-electron chi connectivity index (χ0n) is 45.5. The van der Waals surface area contributed by atoms with Gasteiger partial charge in [0.05, 0.1) is 30.4 Å². The summed E-state index contributed by atoms with van der Waals surface area (Å²) in [4.78, 5) is 23.6. The molecule has 0 radical (unpaired) electrons. The number of allylic oxidation sites excluding steroid dienone is 1. The Morgan fingerprint density at radius 2 is 1.21 bits per heavy atom. The Morgan fingerprint density at radius 3 is 1.79 bits per heavy atom. The van der Waals surface area contributed by atoms with Crippen LogP contribution in [0.3, 0.4) is 0 Å². The van der Waals surface area contributed by atoms with E-state index in [1.807, 2.05) is 79.7 Å². The van der Waals surface area contributed by atoms with Crippen LogP contribution in [0.1, 0.15) is 186 Å². The first kappa shape index (κ1) is 56.2. The van der Waals surface area contributed by atoms with Gasteiger partial charge in [-0.25, -0.2) is 4.79 Å². The molecular formula is C66H89NO5. The number of esters is 2. The van der Waals surface area contributed by atoms with Crippen molar-refractivity contribution in [2.75, 3.05) is 7.11 Å². The maximum Gasteiger partial charge on any atom is 0.338 e. The van der Waals surface area contributed by atoms with Crippen molar-refractivity contribution < 1.29 is 23.8 Å². The zero-order valence-corrected chi connectivity index (χ0v) is 45.5. The van der Waals surface area contributed by atoms with Crippen LogP contribution in [0.5, 0.6) is 5.75 Å². The van der Waals surface area contributed by atoms with Crippen LogP contribution in [0.25, 0.3) is 22.3 Å². The van der Waals surface area contributed by atoms with Crippen LogP contribution in [-0.2, 0) is 20.7 Å². The van der Waals surface area contributed by atoms with Crippen LogP contribution < -0.4 is 4.74 Å². The van der Waals surface area contributed by atoms with Gasteiger partial charge in [-0.15, -0.1) is 0 Å². The predicted octanol–water partition coefficient (Wildman–Crippen LogP) is 17.6. The topological polar surface area (TPSA) is 85.6 Å². The number of fused-ring (bicyclic) bond motifs is 5. The molecule has 0 heterocycles. The Hall–Kier alpha value is -5.15. The molecule has 0 aliphatic heterocycles. The molecule has 0 spiro atoms. The van der Waals surface area contributed by atoms with E-state index in [0.29, 0.717) is 17.0 Å². The van der Waals surface area contributed by atoms with E-state index in [1.165, 1.54) is 101 Å². The maximum absolute atomic E-state index is 12.2. The molecule has 0 N–H and O–H groups in total. The van der Waals surface area contributed by atoms with Crippen LogP contribution in [0.15, 0.2) is 109 Å². The number of unbranched alkanes of at least 4 members (excludes halogenated alkanes) is 6. The summed E-state index contributed by atoms with van der Waals surface area (Å²) in [7, 11) is 1.65. The number of rotatable bonds is 19. The Kier molecular flexibility index (Phi) is 22.6. The lowest BCUT2D eigenvalue weighted by atomic mass is 9.56. The maximum atomic E-state index is 12.2. The van der Waals surface area contributed by atoms with Gasteiger partial charge in [-0.05, 0) is 183 Å². The standard InChI is InChI=1S/C27H44O2.C22H28O3.C17H17N/c1-4-5-6-7-8-18(2)22-13-14-27-24(22)15-16-25-23-12-10-21(29-19(3)28)17-20(23)9-11-26(25)27;1-4-5-6-7-8-17(2)25-22(23)20-11-9-18(10-12-20)19-13-15-21(24-3)16-14-19;1-13(2)11-14-3-7-16(8-4-14)17-9-5-15(12-18)6-10-17/h9,18,21-27H,4-8,10-17H2,1-3H3;9-17H,4-8H2,1-3H3;3-10,13H,11H2,1-2H3. The van der Waals surface area contributed by atoms with Crippen LogP contribution >= 0.6 is 0 Å². The van der Waals surface area contributed by atoms with E-state index in [2.05, 4.69) is 71.0 Å². The average molecular weight is 976 g/mol. The zero-order chi connectivity index (χ0) is 51.4. The molecule has 0 amide bonds. The van der Waals surface area contributed by atoms with Gasteiger partial charge in [0.25, 0.3) is 0 Å². The first-order valence-electron chi connectivity index (χ1n) is 28.3. The summed E-state index contributed by atoms with van der Waals surface area (Å²) < 4.78 is 16.3. The van der Waals surface area contributed by atoms with Gasteiger partial charge < -0.3 is 14.2 Å². The van der Waals surface area contributed by atoms with Crippen LogP contribution in [0, 0.1) is 58.7 Å². The molecule has 9 unspecified atom stereocenters. The fraction of sp³-hybridized carbons (Fsp3) is 0.561. The van der Waals surface area contributed by atoms with Crippen LogP contribution in [-0.4, -0.2) is 31.3 Å². The third kappa shape index (κ3) is 16.4. The molecule has 4 aromatic carbocycles. The van der Waals surface area contributed by atoms with Crippen LogP contribution in [0.2, 0.25) is 0 Å². The summed E-state index contributed by atoms with van der Waals surface area (Å²) in [5.41, 5.74) is 8.82. The Balaban J connectivity index is 0.000000181. The molecule has 6 heteroatoms. The Labute approximate surface area is 435 Å². The molecule has 4 aliphatic carbocycles. The minimum atomic E-state index is -0.246. The summed E-state index contributed by atoms with van der Waals surface area (Å²) in [6, 6.07) is 33.9. The number of carbonyl (C=O) groups excluding carboxylic acids is 2. The van der Waals surface area contributed by atoms with Crippen molar-refractivity contribution in [3.8, 4) is 34.1 Å². The van der Waals surface area contributed by atoms with E-state index in [4.69, 9.17) is 19.5 Å². The molecule has 388 valence electrons. The minimum Gasteiger partial charge on any atom is -0.497 e. The highest BCUT2D eigenvalue weighted by molar-refractivity contribution is 5.90. The van der Waals surface area contributed by atoms with E-state index in [0.717, 1.165) is 96.0 Å². The highest BCUT2D eigenvalue weighted by Crippen LogP contribution is 2.59. The molecule has 6 nitrogen and oxygen atoms in total. The SMILES string of the molecule is CC(C)Cc1ccc(-c2ccc(C#N)cc2)cc1.CCCCCCC(C)C1CCC2C1CCC1C3CCC(OC(C)=O)CC3=CCC12.CCCCCCC(C)OC(=O)c1ccc(-c2ccc(OC)cc2)cc1. The normalized spacial score (nSPS) is 22.7. The number of benzene rings is 4. The third-order valence-corrected chi connectivity index (χ3v) is 16.6. The molecule has 0 bridgehead atoms. The number of methoxy groups -OCH3 is 1. The molecule has 72 heavy (non-hydrogen) atoms. The lowest BCUT2D eigenvalue weighted by Gasteiger charge is -2.50.